The van der Waals surface area contributed by atoms with Gasteiger partial charge in [-0.25, -0.2) is 0 Å². The van der Waals surface area contributed by atoms with E-state index in [9.17, 15) is 4.79 Å². The second-order valence-corrected chi connectivity index (χ2v) is 3.61. The van der Waals surface area contributed by atoms with Crippen molar-refractivity contribution in [1.82, 2.24) is 4.98 Å². The van der Waals surface area contributed by atoms with Gasteiger partial charge in [-0.2, -0.15) is 0 Å². The van der Waals surface area contributed by atoms with E-state index in [1.54, 1.807) is 0 Å². The molecule has 0 saturated carbocycles. The zero-order chi connectivity index (χ0) is 10.8. The van der Waals surface area contributed by atoms with E-state index in [1.165, 1.54) is 10.9 Å². The van der Waals surface area contributed by atoms with E-state index in [0.717, 1.165) is 23.1 Å². The van der Waals surface area contributed by atoms with Crippen LogP contribution < -0.4 is 5.32 Å². The molecule has 0 aliphatic heterocycles. The van der Waals surface area contributed by atoms with E-state index in [2.05, 4.69) is 23.3 Å². The number of rotatable bonds is 3. The Bertz CT molecular complexity index is 500. The van der Waals surface area contributed by atoms with Crippen LogP contribution in [0.3, 0.4) is 0 Å². The summed E-state index contributed by atoms with van der Waals surface area (Å²) in [6, 6.07) is 4.09. The van der Waals surface area contributed by atoms with Crippen LogP contribution in [0.25, 0.3) is 10.9 Å². The third kappa shape index (κ3) is 1.50. The first-order valence-corrected chi connectivity index (χ1v) is 4.99. The predicted molar refractivity (Wildman–Crippen MR) is 62.4 cm³/mol. The molecule has 0 bridgehead atoms. The lowest BCUT2D eigenvalue weighted by molar-refractivity contribution is -0.107. The summed E-state index contributed by atoms with van der Waals surface area (Å²) in [7, 11) is 1.87. The minimum Gasteiger partial charge on any atom is -0.388 e. The summed E-state index contributed by atoms with van der Waals surface area (Å²) in [5.74, 6) is 0. The highest BCUT2D eigenvalue weighted by atomic mass is 16.1. The van der Waals surface area contributed by atoms with Crippen molar-refractivity contribution in [2.24, 2.45) is 0 Å². The van der Waals surface area contributed by atoms with Crippen molar-refractivity contribution in [2.45, 2.75) is 13.3 Å². The lowest BCUT2D eigenvalue weighted by Gasteiger charge is -2.08. The van der Waals surface area contributed by atoms with E-state index in [0.29, 0.717) is 6.42 Å². The van der Waals surface area contributed by atoms with Gasteiger partial charge in [0, 0.05) is 36.3 Å². The van der Waals surface area contributed by atoms with Crippen LogP contribution >= 0.6 is 0 Å². The second kappa shape index (κ2) is 3.77. The average molecular weight is 202 g/mol. The number of carbonyl (C=O) groups excluding carboxylic acids is 1. The minimum atomic E-state index is 0.438. The molecule has 15 heavy (non-hydrogen) atoms. The molecule has 2 N–H and O–H groups in total. The lowest BCUT2D eigenvalue weighted by Crippen LogP contribution is -1.97. The Balaban J connectivity index is 2.72. The van der Waals surface area contributed by atoms with Gasteiger partial charge in [-0.3, -0.25) is 0 Å². The lowest BCUT2D eigenvalue weighted by atomic mass is 10.0. The molecule has 0 radical (unpaired) electrons. The van der Waals surface area contributed by atoms with E-state index in [4.69, 9.17) is 0 Å². The average Bonchev–Trinajstić information content (AvgIpc) is 2.62. The van der Waals surface area contributed by atoms with Gasteiger partial charge in [0.1, 0.15) is 6.29 Å². The standard InChI is InChI=1S/C12H14N2O/c1-8-7-14-12-9(8)3-4-11(13-2)10(12)5-6-15/h3-4,6-7,13-14H,5H2,1-2H3. The fourth-order valence-electron chi connectivity index (χ4n) is 1.93. The zero-order valence-electron chi connectivity index (χ0n) is 8.92. The fourth-order valence-corrected chi connectivity index (χ4v) is 1.93. The van der Waals surface area contributed by atoms with Crippen molar-refractivity contribution in [3.63, 3.8) is 0 Å². The Morgan fingerprint density at radius 2 is 2.27 bits per heavy atom. The number of hydrogen-bond donors (Lipinski definition) is 2. The number of hydrogen-bond acceptors (Lipinski definition) is 2. The van der Waals surface area contributed by atoms with Gasteiger partial charge in [0.05, 0.1) is 5.52 Å². The first-order valence-electron chi connectivity index (χ1n) is 4.99. The van der Waals surface area contributed by atoms with Crippen LogP contribution in [0, 0.1) is 6.92 Å². The van der Waals surface area contributed by atoms with Gasteiger partial charge in [-0.05, 0) is 18.6 Å². The van der Waals surface area contributed by atoms with Crippen LogP contribution in [0.5, 0.6) is 0 Å². The normalized spacial score (nSPS) is 10.5. The molecule has 0 unspecified atom stereocenters. The quantitative estimate of drug-likeness (QED) is 0.750. The maximum atomic E-state index is 10.7. The SMILES string of the molecule is CNc1ccc2c(C)c[nH]c2c1CC=O. The highest BCUT2D eigenvalue weighted by Crippen LogP contribution is 2.27. The number of carbonyl (C=O) groups is 1. The number of anilines is 1. The molecule has 2 rings (SSSR count). The molecule has 0 aliphatic carbocycles. The highest BCUT2D eigenvalue weighted by Gasteiger charge is 2.08. The first kappa shape index (κ1) is 9.77. The van der Waals surface area contributed by atoms with Crippen molar-refractivity contribution < 1.29 is 4.79 Å². The number of aryl methyl sites for hydroxylation is 1. The largest absolute Gasteiger partial charge is 0.388 e. The molecule has 0 amide bonds. The third-order valence-electron chi connectivity index (χ3n) is 2.73. The number of aromatic nitrogens is 1. The molecule has 3 nitrogen and oxygen atoms in total. The van der Waals surface area contributed by atoms with Gasteiger partial charge < -0.3 is 15.1 Å². The highest BCUT2D eigenvalue weighted by molar-refractivity contribution is 5.91. The van der Waals surface area contributed by atoms with Crippen LogP contribution in [0.1, 0.15) is 11.1 Å². The number of aromatic amines is 1. The first-order chi connectivity index (χ1) is 7.27. The molecule has 1 aromatic carbocycles. The number of fused-ring (bicyclic) bond motifs is 1. The summed E-state index contributed by atoms with van der Waals surface area (Å²) >= 11 is 0. The van der Waals surface area contributed by atoms with E-state index < -0.39 is 0 Å². The van der Waals surface area contributed by atoms with Crippen molar-refractivity contribution in [2.75, 3.05) is 12.4 Å². The Morgan fingerprint density at radius 3 is 2.93 bits per heavy atom. The summed E-state index contributed by atoms with van der Waals surface area (Å²) in [6.45, 7) is 2.06. The van der Waals surface area contributed by atoms with Crippen molar-refractivity contribution in [3.8, 4) is 0 Å². The molecule has 3 heteroatoms. The molecule has 1 heterocycles. The molecule has 2 aromatic rings. The maximum Gasteiger partial charge on any atom is 0.124 e. The Hall–Kier alpha value is -1.77. The molecule has 78 valence electrons. The van der Waals surface area contributed by atoms with Gasteiger partial charge in [0.25, 0.3) is 0 Å². The molecular weight excluding hydrogens is 188 g/mol. The molecule has 0 fully saturated rings. The molecule has 0 atom stereocenters. The van der Waals surface area contributed by atoms with Crippen molar-refractivity contribution in [1.29, 1.82) is 0 Å². The summed E-state index contributed by atoms with van der Waals surface area (Å²) in [5.41, 5.74) is 4.32. The molecule has 0 spiro atoms. The van der Waals surface area contributed by atoms with E-state index in [-0.39, 0.29) is 0 Å². The Labute approximate surface area is 88.5 Å². The monoisotopic (exact) mass is 202 g/mol. The van der Waals surface area contributed by atoms with Gasteiger partial charge in [-0.1, -0.05) is 6.07 Å². The smallest absolute Gasteiger partial charge is 0.124 e. The van der Waals surface area contributed by atoms with Crippen LogP contribution in [0.15, 0.2) is 18.3 Å². The zero-order valence-corrected chi connectivity index (χ0v) is 8.92. The molecular formula is C12H14N2O. The van der Waals surface area contributed by atoms with E-state index >= 15 is 0 Å². The van der Waals surface area contributed by atoms with Gasteiger partial charge in [0.15, 0.2) is 0 Å². The van der Waals surface area contributed by atoms with Crippen LogP contribution in [0.4, 0.5) is 5.69 Å². The van der Waals surface area contributed by atoms with Gasteiger partial charge in [0.2, 0.25) is 0 Å². The van der Waals surface area contributed by atoms with Gasteiger partial charge >= 0.3 is 0 Å². The van der Waals surface area contributed by atoms with Gasteiger partial charge in [-0.15, -0.1) is 0 Å². The Kier molecular flexibility index (Phi) is 2.46. The molecule has 0 saturated heterocycles. The predicted octanol–water partition coefficient (Wildman–Crippen LogP) is 2.26. The van der Waals surface area contributed by atoms with Crippen molar-refractivity contribution in [3.05, 3.63) is 29.5 Å². The van der Waals surface area contributed by atoms with Crippen LogP contribution in [-0.4, -0.2) is 18.3 Å². The number of H-pyrrole nitrogens is 1. The minimum absolute atomic E-state index is 0.438. The van der Waals surface area contributed by atoms with E-state index in [1.807, 2.05) is 19.3 Å². The van der Waals surface area contributed by atoms with Crippen LogP contribution in [0.2, 0.25) is 0 Å². The fraction of sp³-hybridized carbons (Fsp3) is 0.250. The van der Waals surface area contributed by atoms with Crippen molar-refractivity contribution >= 4 is 22.9 Å². The Morgan fingerprint density at radius 1 is 1.47 bits per heavy atom. The number of nitrogens with one attached hydrogen (secondary N) is 2. The maximum absolute atomic E-state index is 10.7. The summed E-state index contributed by atoms with van der Waals surface area (Å²) in [5, 5.41) is 4.29. The summed E-state index contributed by atoms with van der Waals surface area (Å²) in [6.07, 6.45) is 3.34. The summed E-state index contributed by atoms with van der Waals surface area (Å²) < 4.78 is 0. The number of benzene rings is 1. The third-order valence-corrected chi connectivity index (χ3v) is 2.73. The second-order valence-electron chi connectivity index (χ2n) is 3.61. The van der Waals surface area contributed by atoms with Crippen LogP contribution in [-0.2, 0) is 11.2 Å². The number of aldehydes is 1. The topological polar surface area (TPSA) is 44.9 Å². The summed E-state index contributed by atoms with van der Waals surface area (Å²) in [4.78, 5) is 13.9. The molecule has 1 aromatic heterocycles. The molecule has 0 aliphatic rings.